The number of benzene rings is 1. The van der Waals surface area contributed by atoms with Gasteiger partial charge in [-0.25, -0.2) is 4.79 Å². The minimum atomic E-state index is -3.73. The van der Waals surface area contributed by atoms with E-state index in [9.17, 15) is 18.0 Å². The number of carbonyl (C=O) groups excluding carboxylic acids is 1. The molecule has 1 aliphatic rings. The monoisotopic (exact) mass is 433 g/mol. The van der Waals surface area contributed by atoms with Crippen molar-refractivity contribution in [1.82, 2.24) is 19.2 Å². The van der Waals surface area contributed by atoms with Crippen molar-refractivity contribution in [3.63, 3.8) is 0 Å². The quantitative estimate of drug-likeness (QED) is 0.517. The Hall–Kier alpha value is -2.89. The van der Waals surface area contributed by atoms with Crippen LogP contribution in [0.5, 0.6) is 0 Å². The number of hydrogen-bond donors (Lipinski definition) is 3. The molecule has 0 radical (unpaired) electrons. The number of nitrogens with one attached hydrogen (secondary N) is 3. The molecule has 0 bridgehead atoms. The molecule has 160 valence electrons. The number of nitrogens with zero attached hydrogens (tertiary/aromatic N) is 2. The summed E-state index contributed by atoms with van der Waals surface area (Å²) in [6.45, 7) is 4.02. The fourth-order valence-corrected chi connectivity index (χ4v) is 4.80. The zero-order valence-electron chi connectivity index (χ0n) is 16.7. The normalized spacial score (nSPS) is 16.2. The molecule has 0 saturated carbocycles. The third kappa shape index (κ3) is 3.66. The van der Waals surface area contributed by atoms with Gasteiger partial charge in [0.2, 0.25) is 0 Å². The summed E-state index contributed by atoms with van der Waals surface area (Å²) in [5, 5.41) is 0.931. The molecule has 3 aromatic rings. The second kappa shape index (κ2) is 7.74. The Morgan fingerprint density at radius 1 is 1.23 bits per heavy atom. The standard InChI is InChI=1S/C19H23N5O5S/c1-3-29-19(26)14-11-20-17-16(14)13-10-12(4-5-15(13)21-18(17)25)22-30(27,28)24-8-6-23(2)7-9-24/h4-5,10-11,20,22H,3,6-9H2,1-2H3,(H,21,25). The van der Waals surface area contributed by atoms with E-state index >= 15 is 0 Å². The van der Waals surface area contributed by atoms with Crippen molar-refractivity contribution >= 4 is 43.7 Å². The summed E-state index contributed by atoms with van der Waals surface area (Å²) in [5.74, 6) is -0.556. The number of hydrogen-bond acceptors (Lipinski definition) is 6. The molecular formula is C19H23N5O5S. The molecule has 3 N–H and O–H groups in total. The van der Waals surface area contributed by atoms with E-state index in [4.69, 9.17) is 4.74 Å². The largest absolute Gasteiger partial charge is 0.462 e. The lowest BCUT2D eigenvalue weighted by Crippen LogP contribution is -2.48. The number of anilines is 1. The highest BCUT2D eigenvalue weighted by molar-refractivity contribution is 7.90. The molecule has 1 aromatic carbocycles. The van der Waals surface area contributed by atoms with E-state index in [2.05, 4.69) is 19.6 Å². The third-order valence-corrected chi connectivity index (χ3v) is 6.73. The van der Waals surface area contributed by atoms with Crippen molar-refractivity contribution in [2.45, 2.75) is 6.92 Å². The molecule has 1 fully saturated rings. The molecule has 1 aliphatic heterocycles. The van der Waals surface area contributed by atoms with Gasteiger partial charge in [-0.15, -0.1) is 0 Å². The molecule has 4 rings (SSSR count). The summed E-state index contributed by atoms with van der Waals surface area (Å²) in [6.07, 6.45) is 1.43. The van der Waals surface area contributed by atoms with Gasteiger partial charge >= 0.3 is 16.2 Å². The highest BCUT2D eigenvalue weighted by atomic mass is 32.2. The smallest absolute Gasteiger partial charge is 0.340 e. The molecule has 0 aliphatic carbocycles. The van der Waals surface area contributed by atoms with Gasteiger partial charge < -0.3 is 19.6 Å². The average molecular weight is 433 g/mol. The molecule has 0 spiro atoms. The predicted octanol–water partition coefficient (Wildman–Crippen LogP) is 1.09. The van der Waals surface area contributed by atoms with Gasteiger partial charge in [-0.05, 0) is 32.2 Å². The van der Waals surface area contributed by atoms with Gasteiger partial charge in [0.15, 0.2) is 0 Å². The van der Waals surface area contributed by atoms with Crippen LogP contribution in [-0.4, -0.2) is 73.4 Å². The van der Waals surface area contributed by atoms with Crippen LogP contribution < -0.4 is 10.3 Å². The number of ether oxygens (including phenoxy) is 1. The SMILES string of the molecule is CCOC(=O)c1c[nH]c2c(=O)[nH]c3ccc(NS(=O)(=O)N4CCN(C)CC4)cc3c12. The lowest BCUT2D eigenvalue weighted by Gasteiger charge is -2.31. The van der Waals surface area contributed by atoms with Crippen molar-refractivity contribution in [1.29, 1.82) is 0 Å². The Morgan fingerprint density at radius 2 is 1.97 bits per heavy atom. The third-order valence-electron chi connectivity index (χ3n) is 5.19. The summed E-state index contributed by atoms with van der Waals surface area (Å²) in [6, 6.07) is 4.80. The first-order valence-electron chi connectivity index (χ1n) is 9.61. The predicted molar refractivity (Wildman–Crippen MR) is 114 cm³/mol. The second-order valence-electron chi connectivity index (χ2n) is 7.20. The number of fused-ring (bicyclic) bond motifs is 3. The van der Waals surface area contributed by atoms with Gasteiger partial charge in [0.25, 0.3) is 5.56 Å². The summed E-state index contributed by atoms with van der Waals surface area (Å²) >= 11 is 0. The molecule has 30 heavy (non-hydrogen) atoms. The van der Waals surface area contributed by atoms with Crippen LogP contribution in [-0.2, 0) is 14.9 Å². The number of carbonyl (C=O) groups is 1. The maximum Gasteiger partial charge on any atom is 0.340 e. The van der Waals surface area contributed by atoms with Crippen molar-refractivity contribution in [3.05, 3.63) is 40.3 Å². The fraction of sp³-hybridized carbons (Fsp3) is 0.368. The van der Waals surface area contributed by atoms with Gasteiger partial charge in [0.1, 0.15) is 5.52 Å². The van der Waals surface area contributed by atoms with E-state index in [1.54, 1.807) is 25.1 Å². The average Bonchev–Trinajstić information content (AvgIpc) is 3.15. The van der Waals surface area contributed by atoms with E-state index < -0.39 is 16.2 Å². The molecule has 0 unspecified atom stereocenters. The first kappa shape index (κ1) is 20.4. The number of rotatable bonds is 5. The van der Waals surface area contributed by atoms with Crippen molar-refractivity contribution in [3.8, 4) is 0 Å². The van der Waals surface area contributed by atoms with Gasteiger partial charge in [-0.3, -0.25) is 9.52 Å². The van der Waals surface area contributed by atoms with Crippen LogP contribution in [0.15, 0.2) is 29.2 Å². The van der Waals surface area contributed by atoms with Crippen LogP contribution in [0, 0.1) is 0 Å². The topological polar surface area (TPSA) is 128 Å². The Balaban J connectivity index is 1.77. The van der Waals surface area contributed by atoms with E-state index in [0.717, 1.165) is 0 Å². The van der Waals surface area contributed by atoms with Crippen molar-refractivity contribution in [2.75, 3.05) is 44.6 Å². The number of likely N-dealkylation sites (N-methyl/N-ethyl adjacent to an activating group) is 1. The minimum Gasteiger partial charge on any atom is -0.462 e. The highest BCUT2D eigenvalue weighted by Gasteiger charge is 2.26. The van der Waals surface area contributed by atoms with Crippen molar-refractivity contribution in [2.24, 2.45) is 0 Å². The second-order valence-corrected chi connectivity index (χ2v) is 8.87. The molecular weight excluding hydrogens is 410 g/mol. The Morgan fingerprint density at radius 3 is 2.67 bits per heavy atom. The lowest BCUT2D eigenvalue weighted by atomic mass is 10.1. The summed E-state index contributed by atoms with van der Waals surface area (Å²) in [4.78, 5) is 32.3. The fourth-order valence-electron chi connectivity index (χ4n) is 3.60. The number of aromatic nitrogens is 2. The number of esters is 1. The van der Waals surface area contributed by atoms with E-state index in [1.807, 2.05) is 7.05 Å². The summed E-state index contributed by atoms with van der Waals surface area (Å²) in [5.41, 5.74) is 0.899. The van der Waals surface area contributed by atoms with Crippen LogP contribution in [0.3, 0.4) is 0 Å². The van der Waals surface area contributed by atoms with Gasteiger partial charge in [0.05, 0.1) is 17.9 Å². The first-order chi connectivity index (χ1) is 14.3. The molecule has 3 heterocycles. The van der Waals surface area contributed by atoms with Gasteiger partial charge in [0, 0.05) is 48.7 Å². The van der Waals surface area contributed by atoms with Crippen LogP contribution in [0.4, 0.5) is 5.69 Å². The van der Waals surface area contributed by atoms with Gasteiger partial charge in [-0.1, -0.05) is 0 Å². The van der Waals surface area contributed by atoms with Crippen LogP contribution >= 0.6 is 0 Å². The zero-order chi connectivity index (χ0) is 21.5. The summed E-state index contributed by atoms with van der Waals surface area (Å²) in [7, 11) is -1.78. The van der Waals surface area contributed by atoms with Crippen molar-refractivity contribution < 1.29 is 17.9 Å². The minimum absolute atomic E-state index is 0.197. The molecule has 0 atom stereocenters. The van der Waals surface area contributed by atoms with Gasteiger partial charge in [-0.2, -0.15) is 12.7 Å². The maximum atomic E-state index is 12.8. The van der Waals surface area contributed by atoms with E-state index in [0.29, 0.717) is 48.2 Å². The lowest BCUT2D eigenvalue weighted by molar-refractivity contribution is 0.0529. The highest BCUT2D eigenvalue weighted by Crippen LogP contribution is 2.28. The number of H-pyrrole nitrogens is 2. The first-order valence-corrected chi connectivity index (χ1v) is 11.0. The Labute approximate surface area is 173 Å². The molecule has 11 heteroatoms. The Bertz CT molecular complexity index is 1270. The molecule has 1 saturated heterocycles. The van der Waals surface area contributed by atoms with Crippen LogP contribution in [0.2, 0.25) is 0 Å². The van der Waals surface area contributed by atoms with E-state index in [-0.39, 0.29) is 23.2 Å². The van der Waals surface area contributed by atoms with Crippen LogP contribution in [0.25, 0.3) is 21.8 Å². The molecule has 2 aromatic heterocycles. The summed E-state index contributed by atoms with van der Waals surface area (Å²) < 4.78 is 34.7. The molecule has 10 nitrogen and oxygen atoms in total. The zero-order valence-corrected chi connectivity index (χ0v) is 17.5. The number of pyridine rings is 1. The maximum absolute atomic E-state index is 12.8. The van der Waals surface area contributed by atoms with Crippen LogP contribution in [0.1, 0.15) is 17.3 Å². The molecule has 0 amide bonds. The van der Waals surface area contributed by atoms with E-state index in [1.165, 1.54) is 10.5 Å². The number of piperazine rings is 1. The Kier molecular flexibility index (Phi) is 5.26. The number of aromatic amines is 2.